The predicted molar refractivity (Wildman–Crippen MR) is 55.0 cm³/mol. The summed E-state index contributed by atoms with van der Waals surface area (Å²) in [7, 11) is 1.82. The molecule has 0 aromatic rings. The summed E-state index contributed by atoms with van der Waals surface area (Å²) in [5.41, 5.74) is 0. The molecule has 2 N–H and O–H groups in total. The maximum atomic E-state index is 11.6. The van der Waals surface area contributed by atoms with Crippen LogP contribution in [-0.4, -0.2) is 50.1 Å². The molecule has 0 radical (unpaired) electrons. The van der Waals surface area contributed by atoms with E-state index < -0.39 is 0 Å². The summed E-state index contributed by atoms with van der Waals surface area (Å²) in [5.74, 6) is 1.05. The quantitative estimate of drug-likeness (QED) is 0.622. The molecular formula is C10H19N3O. The Morgan fingerprint density at radius 3 is 3.21 bits per heavy atom. The topological polar surface area (TPSA) is 44.4 Å². The smallest absolute Gasteiger partial charge is 0.236 e. The molecule has 0 aromatic heterocycles. The SMILES string of the molecule is CNCC(=O)N1CCC2CCNC2C1. The maximum absolute atomic E-state index is 11.6. The summed E-state index contributed by atoms with van der Waals surface area (Å²) in [6.45, 7) is 3.45. The Labute approximate surface area is 85.0 Å². The van der Waals surface area contributed by atoms with Crippen molar-refractivity contribution in [2.75, 3.05) is 33.2 Å². The number of likely N-dealkylation sites (N-methyl/N-ethyl adjacent to an activating group) is 1. The summed E-state index contributed by atoms with van der Waals surface area (Å²) in [6.07, 6.45) is 2.46. The molecule has 0 aromatic carbocycles. The van der Waals surface area contributed by atoms with Crippen molar-refractivity contribution in [3.63, 3.8) is 0 Å². The highest BCUT2D eigenvalue weighted by Crippen LogP contribution is 2.24. The van der Waals surface area contributed by atoms with Gasteiger partial charge in [-0.2, -0.15) is 0 Å². The van der Waals surface area contributed by atoms with Gasteiger partial charge in [0.1, 0.15) is 0 Å². The van der Waals surface area contributed by atoms with Crippen molar-refractivity contribution >= 4 is 5.91 Å². The number of nitrogens with zero attached hydrogens (tertiary/aromatic N) is 1. The number of hydrogen-bond donors (Lipinski definition) is 2. The first-order chi connectivity index (χ1) is 6.81. The molecule has 0 saturated carbocycles. The van der Waals surface area contributed by atoms with Crippen LogP contribution in [0.5, 0.6) is 0 Å². The van der Waals surface area contributed by atoms with Crippen molar-refractivity contribution in [3.8, 4) is 0 Å². The van der Waals surface area contributed by atoms with Crippen molar-refractivity contribution in [2.24, 2.45) is 5.92 Å². The number of carbonyl (C=O) groups excluding carboxylic acids is 1. The van der Waals surface area contributed by atoms with Gasteiger partial charge in [0.25, 0.3) is 0 Å². The second kappa shape index (κ2) is 4.28. The average molecular weight is 197 g/mol. The summed E-state index contributed by atoms with van der Waals surface area (Å²) in [5, 5.41) is 6.38. The van der Waals surface area contributed by atoms with Gasteiger partial charge in [0, 0.05) is 19.1 Å². The van der Waals surface area contributed by atoms with Crippen LogP contribution in [0.1, 0.15) is 12.8 Å². The molecule has 0 spiro atoms. The second-order valence-corrected chi connectivity index (χ2v) is 4.27. The zero-order chi connectivity index (χ0) is 9.97. The molecule has 2 heterocycles. The third kappa shape index (κ3) is 1.91. The van der Waals surface area contributed by atoms with Crippen LogP contribution in [0.4, 0.5) is 0 Å². The molecule has 1 amide bonds. The van der Waals surface area contributed by atoms with Crippen LogP contribution >= 0.6 is 0 Å². The van der Waals surface area contributed by atoms with E-state index >= 15 is 0 Å². The molecule has 2 aliphatic heterocycles. The molecule has 0 bridgehead atoms. The largest absolute Gasteiger partial charge is 0.340 e. The van der Waals surface area contributed by atoms with Gasteiger partial charge in [-0.1, -0.05) is 0 Å². The number of amides is 1. The lowest BCUT2D eigenvalue weighted by atomic mass is 9.92. The number of hydrogen-bond acceptors (Lipinski definition) is 3. The molecule has 4 heteroatoms. The maximum Gasteiger partial charge on any atom is 0.236 e. The minimum Gasteiger partial charge on any atom is -0.340 e. The first kappa shape index (κ1) is 9.93. The van der Waals surface area contributed by atoms with Crippen LogP contribution in [-0.2, 0) is 4.79 Å². The molecule has 2 fully saturated rings. The predicted octanol–water partition coefficient (Wildman–Crippen LogP) is -0.584. The molecule has 2 saturated heterocycles. The number of piperidine rings is 1. The van der Waals surface area contributed by atoms with Crippen LogP contribution in [0.25, 0.3) is 0 Å². The molecule has 2 atom stereocenters. The minimum atomic E-state index is 0.236. The van der Waals surface area contributed by atoms with E-state index in [1.165, 1.54) is 12.8 Å². The van der Waals surface area contributed by atoms with E-state index in [4.69, 9.17) is 0 Å². The Morgan fingerprint density at radius 2 is 2.43 bits per heavy atom. The van der Waals surface area contributed by atoms with Crippen LogP contribution in [0, 0.1) is 5.92 Å². The number of carbonyl (C=O) groups is 1. The van der Waals surface area contributed by atoms with Gasteiger partial charge in [0.05, 0.1) is 6.54 Å². The molecule has 2 unspecified atom stereocenters. The number of fused-ring (bicyclic) bond motifs is 1. The van der Waals surface area contributed by atoms with Crippen LogP contribution < -0.4 is 10.6 Å². The normalized spacial score (nSPS) is 31.6. The highest BCUT2D eigenvalue weighted by Gasteiger charge is 2.33. The lowest BCUT2D eigenvalue weighted by Gasteiger charge is -2.34. The summed E-state index contributed by atoms with van der Waals surface area (Å²) >= 11 is 0. The van der Waals surface area contributed by atoms with Crippen molar-refractivity contribution in [1.82, 2.24) is 15.5 Å². The zero-order valence-electron chi connectivity index (χ0n) is 8.75. The van der Waals surface area contributed by atoms with Crippen molar-refractivity contribution < 1.29 is 4.79 Å². The Balaban J connectivity index is 1.87. The fourth-order valence-corrected chi connectivity index (χ4v) is 2.52. The van der Waals surface area contributed by atoms with Gasteiger partial charge in [0.15, 0.2) is 0 Å². The standard InChI is InChI=1S/C10H19N3O/c1-11-6-10(14)13-5-3-8-2-4-12-9(8)7-13/h8-9,11-12H,2-7H2,1H3. The van der Waals surface area contributed by atoms with E-state index in [2.05, 4.69) is 10.6 Å². The number of likely N-dealkylation sites (tertiary alicyclic amines) is 1. The lowest BCUT2D eigenvalue weighted by molar-refractivity contribution is -0.131. The number of nitrogens with one attached hydrogen (secondary N) is 2. The van der Waals surface area contributed by atoms with E-state index in [1.54, 1.807) is 0 Å². The molecule has 2 aliphatic rings. The minimum absolute atomic E-state index is 0.236. The summed E-state index contributed by atoms with van der Waals surface area (Å²) < 4.78 is 0. The van der Waals surface area contributed by atoms with Gasteiger partial charge >= 0.3 is 0 Å². The molecule has 80 valence electrons. The van der Waals surface area contributed by atoms with Crippen LogP contribution in [0.2, 0.25) is 0 Å². The zero-order valence-corrected chi connectivity index (χ0v) is 8.75. The van der Waals surface area contributed by atoms with Gasteiger partial charge < -0.3 is 15.5 Å². The average Bonchev–Trinajstić information content (AvgIpc) is 2.64. The summed E-state index contributed by atoms with van der Waals surface area (Å²) in [6, 6.07) is 0.560. The van der Waals surface area contributed by atoms with Crippen LogP contribution in [0.3, 0.4) is 0 Å². The fraction of sp³-hybridized carbons (Fsp3) is 0.900. The van der Waals surface area contributed by atoms with Gasteiger partial charge in [-0.15, -0.1) is 0 Å². The molecule has 2 rings (SSSR count). The number of rotatable bonds is 2. The van der Waals surface area contributed by atoms with Crippen molar-refractivity contribution in [1.29, 1.82) is 0 Å². The lowest BCUT2D eigenvalue weighted by Crippen LogP contribution is -2.50. The molecule has 14 heavy (non-hydrogen) atoms. The van der Waals surface area contributed by atoms with Crippen LogP contribution in [0.15, 0.2) is 0 Å². The fourth-order valence-electron chi connectivity index (χ4n) is 2.52. The highest BCUT2D eigenvalue weighted by molar-refractivity contribution is 5.78. The van der Waals surface area contributed by atoms with Crippen molar-refractivity contribution in [3.05, 3.63) is 0 Å². The summed E-state index contributed by atoms with van der Waals surface area (Å²) in [4.78, 5) is 13.6. The van der Waals surface area contributed by atoms with Gasteiger partial charge in [-0.25, -0.2) is 0 Å². The Kier molecular flexibility index (Phi) is 3.03. The van der Waals surface area contributed by atoms with E-state index in [9.17, 15) is 4.79 Å². The third-order valence-electron chi connectivity index (χ3n) is 3.36. The second-order valence-electron chi connectivity index (χ2n) is 4.27. The Morgan fingerprint density at radius 1 is 1.57 bits per heavy atom. The van der Waals surface area contributed by atoms with Gasteiger partial charge in [-0.05, 0) is 32.4 Å². The Hall–Kier alpha value is -0.610. The monoisotopic (exact) mass is 197 g/mol. The molecular weight excluding hydrogens is 178 g/mol. The first-order valence-electron chi connectivity index (χ1n) is 5.47. The molecule has 0 aliphatic carbocycles. The van der Waals surface area contributed by atoms with E-state index in [0.717, 1.165) is 25.6 Å². The van der Waals surface area contributed by atoms with Gasteiger partial charge in [-0.3, -0.25) is 4.79 Å². The van der Waals surface area contributed by atoms with E-state index in [-0.39, 0.29) is 5.91 Å². The van der Waals surface area contributed by atoms with E-state index in [0.29, 0.717) is 12.6 Å². The van der Waals surface area contributed by atoms with Gasteiger partial charge in [0.2, 0.25) is 5.91 Å². The highest BCUT2D eigenvalue weighted by atomic mass is 16.2. The third-order valence-corrected chi connectivity index (χ3v) is 3.36. The molecule has 4 nitrogen and oxygen atoms in total. The first-order valence-corrected chi connectivity index (χ1v) is 5.47. The Bertz CT molecular complexity index is 219. The van der Waals surface area contributed by atoms with E-state index in [1.807, 2.05) is 11.9 Å². The van der Waals surface area contributed by atoms with Crippen molar-refractivity contribution in [2.45, 2.75) is 18.9 Å².